The topological polar surface area (TPSA) is 46.3 Å². The molecule has 0 spiro atoms. The summed E-state index contributed by atoms with van der Waals surface area (Å²) in [7, 11) is 0. The Kier molecular flexibility index (Phi) is 1.64. The first-order valence-electron chi connectivity index (χ1n) is 2.43. The van der Waals surface area contributed by atoms with Crippen molar-refractivity contribution in [3.8, 4) is 0 Å². The summed E-state index contributed by atoms with van der Waals surface area (Å²) in [5.41, 5.74) is 0.799. The van der Waals surface area contributed by atoms with E-state index in [1.165, 1.54) is 6.26 Å². The zero-order valence-corrected chi connectivity index (χ0v) is 4.37. The van der Waals surface area contributed by atoms with Crippen LogP contribution in [0.2, 0.25) is 0 Å². The Morgan fingerprint density at radius 1 is 1.75 bits per heavy atom. The van der Waals surface area contributed by atoms with Crippen LogP contribution in [0.5, 0.6) is 0 Å². The van der Waals surface area contributed by atoms with E-state index in [4.69, 9.17) is 5.11 Å². The van der Waals surface area contributed by atoms with Gasteiger partial charge in [0.15, 0.2) is 0 Å². The van der Waals surface area contributed by atoms with Crippen molar-refractivity contribution in [1.29, 1.82) is 0 Å². The molecule has 0 fully saturated rings. The van der Waals surface area contributed by atoms with Crippen LogP contribution in [0.25, 0.3) is 0 Å². The van der Waals surface area contributed by atoms with Crippen molar-refractivity contribution in [1.82, 2.24) is 5.16 Å². The number of aromatic nitrogens is 1. The maximum absolute atomic E-state index is 8.36. The Hall–Kier alpha value is -0.830. The molecule has 0 bridgehead atoms. The van der Waals surface area contributed by atoms with Crippen LogP contribution in [0, 0.1) is 0 Å². The van der Waals surface area contributed by atoms with Gasteiger partial charge in [-0.05, 0) is 0 Å². The lowest BCUT2D eigenvalue weighted by atomic mass is 10.3. The summed E-state index contributed by atoms with van der Waals surface area (Å²) in [6.07, 6.45) is 2.07. The van der Waals surface area contributed by atoms with Gasteiger partial charge in [-0.3, -0.25) is 0 Å². The quantitative estimate of drug-likeness (QED) is 0.596. The zero-order chi connectivity index (χ0) is 5.82. The molecule has 8 heavy (non-hydrogen) atoms. The highest BCUT2D eigenvalue weighted by atomic mass is 16.5. The third-order valence-corrected chi connectivity index (χ3v) is 0.859. The maximum atomic E-state index is 8.36. The molecule has 0 saturated carbocycles. The second-order valence-corrected chi connectivity index (χ2v) is 1.46. The van der Waals surface area contributed by atoms with E-state index in [9.17, 15) is 0 Å². The fourth-order valence-electron chi connectivity index (χ4n) is 0.481. The highest BCUT2D eigenvalue weighted by Crippen LogP contribution is 1.92. The number of rotatable bonds is 2. The average molecular weight is 113 g/mol. The molecule has 3 heteroatoms. The van der Waals surface area contributed by atoms with Gasteiger partial charge in [-0.2, -0.15) is 0 Å². The van der Waals surface area contributed by atoms with Crippen molar-refractivity contribution in [3.63, 3.8) is 0 Å². The number of hydrogen-bond donors (Lipinski definition) is 1. The van der Waals surface area contributed by atoms with Crippen LogP contribution in [0.15, 0.2) is 16.9 Å². The van der Waals surface area contributed by atoms with E-state index in [2.05, 4.69) is 9.68 Å². The van der Waals surface area contributed by atoms with Crippen molar-refractivity contribution < 1.29 is 9.63 Å². The van der Waals surface area contributed by atoms with E-state index < -0.39 is 0 Å². The van der Waals surface area contributed by atoms with Gasteiger partial charge >= 0.3 is 0 Å². The normalized spacial score (nSPS) is 9.62. The van der Waals surface area contributed by atoms with Crippen LogP contribution in [-0.4, -0.2) is 16.9 Å². The Morgan fingerprint density at radius 2 is 2.62 bits per heavy atom. The second-order valence-electron chi connectivity index (χ2n) is 1.46. The predicted octanol–water partition coefficient (Wildman–Crippen LogP) is 0.209. The maximum Gasteiger partial charge on any atom is 0.124 e. The molecule has 0 saturated heterocycles. The summed E-state index contributed by atoms with van der Waals surface area (Å²) in [5, 5.41) is 11.9. The molecule has 1 rings (SSSR count). The monoisotopic (exact) mass is 113 g/mol. The molecular formula is C5H7NO2. The largest absolute Gasteiger partial charge is 0.396 e. The van der Waals surface area contributed by atoms with Crippen LogP contribution in [0.3, 0.4) is 0 Å². The van der Waals surface area contributed by atoms with Crippen molar-refractivity contribution in [3.05, 3.63) is 18.0 Å². The summed E-state index contributed by atoms with van der Waals surface area (Å²) < 4.78 is 4.51. The Bertz CT molecular complexity index is 136. The minimum absolute atomic E-state index is 0.131. The first-order valence-corrected chi connectivity index (χ1v) is 2.43. The second kappa shape index (κ2) is 2.47. The van der Waals surface area contributed by atoms with E-state index >= 15 is 0 Å². The summed E-state index contributed by atoms with van der Waals surface area (Å²) in [5.74, 6) is 0. The molecule has 1 heterocycles. The summed E-state index contributed by atoms with van der Waals surface area (Å²) in [4.78, 5) is 0. The van der Waals surface area contributed by atoms with Crippen LogP contribution < -0.4 is 0 Å². The summed E-state index contributed by atoms with van der Waals surface area (Å²) >= 11 is 0. The SMILES string of the molecule is OCCc1ccon1. The van der Waals surface area contributed by atoms with Gasteiger partial charge in [0.2, 0.25) is 0 Å². The lowest BCUT2D eigenvalue weighted by molar-refractivity contribution is 0.294. The van der Waals surface area contributed by atoms with Gasteiger partial charge in [-0.25, -0.2) is 0 Å². The molecule has 0 aromatic carbocycles. The molecule has 1 N–H and O–H groups in total. The van der Waals surface area contributed by atoms with Crippen LogP contribution in [-0.2, 0) is 6.42 Å². The van der Waals surface area contributed by atoms with Gasteiger partial charge in [-0.15, -0.1) is 0 Å². The molecule has 44 valence electrons. The van der Waals surface area contributed by atoms with Crippen molar-refractivity contribution >= 4 is 0 Å². The molecule has 0 amide bonds. The van der Waals surface area contributed by atoms with Crippen LogP contribution in [0.4, 0.5) is 0 Å². The number of aliphatic hydroxyl groups excluding tert-OH is 1. The lowest BCUT2D eigenvalue weighted by Crippen LogP contribution is -1.88. The molecule has 0 aliphatic carbocycles. The minimum atomic E-state index is 0.131. The van der Waals surface area contributed by atoms with Gasteiger partial charge < -0.3 is 9.63 Å². The highest BCUT2D eigenvalue weighted by Gasteiger charge is 1.91. The van der Waals surface area contributed by atoms with Gasteiger partial charge in [0.1, 0.15) is 6.26 Å². The van der Waals surface area contributed by atoms with Gasteiger partial charge in [-0.1, -0.05) is 5.16 Å². The molecule has 0 unspecified atom stereocenters. The lowest BCUT2D eigenvalue weighted by Gasteiger charge is -1.82. The fraction of sp³-hybridized carbons (Fsp3) is 0.400. The molecule has 1 aromatic rings. The highest BCUT2D eigenvalue weighted by molar-refractivity contribution is 4.94. The standard InChI is InChI=1S/C5H7NO2/c7-3-1-5-2-4-8-6-5/h2,4,7H,1,3H2. The molecule has 3 nitrogen and oxygen atoms in total. The molecule has 0 aliphatic rings. The third-order valence-electron chi connectivity index (χ3n) is 0.859. The molecule has 0 aliphatic heterocycles. The molecule has 0 radical (unpaired) electrons. The van der Waals surface area contributed by atoms with Gasteiger partial charge in [0.25, 0.3) is 0 Å². The molecule has 0 atom stereocenters. The molecule has 1 aromatic heterocycles. The summed E-state index contributed by atoms with van der Waals surface area (Å²) in [6.45, 7) is 0.131. The summed E-state index contributed by atoms with van der Waals surface area (Å²) in [6, 6.07) is 1.73. The van der Waals surface area contributed by atoms with Crippen LogP contribution in [0.1, 0.15) is 5.69 Å². The van der Waals surface area contributed by atoms with Gasteiger partial charge in [0.05, 0.1) is 5.69 Å². The van der Waals surface area contributed by atoms with E-state index in [1.807, 2.05) is 0 Å². The van der Waals surface area contributed by atoms with Crippen molar-refractivity contribution in [2.75, 3.05) is 6.61 Å². The number of aliphatic hydroxyl groups is 1. The van der Waals surface area contributed by atoms with Crippen molar-refractivity contribution in [2.24, 2.45) is 0 Å². The van der Waals surface area contributed by atoms with Crippen molar-refractivity contribution in [2.45, 2.75) is 6.42 Å². The first kappa shape index (κ1) is 5.31. The van der Waals surface area contributed by atoms with E-state index in [-0.39, 0.29) is 6.61 Å². The zero-order valence-electron chi connectivity index (χ0n) is 4.37. The van der Waals surface area contributed by atoms with E-state index in [0.717, 1.165) is 5.69 Å². The van der Waals surface area contributed by atoms with Crippen LogP contribution >= 0.6 is 0 Å². The Morgan fingerprint density at radius 3 is 3.12 bits per heavy atom. The van der Waals surface area contributed by atoms with E-state index in [1.54, 1.807) is 6.07 Å². The van der Waals surface area contributed by atoms with E-state index in [0.29, 0.717) is 6.42 Å². The minimum Gasteiger partial charge on any atom is -0.396 e. The predicted molar refractivity (Wildman–Crippen MR) is 27.3 cm³/mol. The number of hydrogen-bond acceptors (Lipinski definition) is 3. The average Bonchev–Trinajstić information content (AvgIpc) is 2.19. The molecular weight excluding hydrogens is 106 g/mol. The smallest absolute Gasteiger partial charge is 0.124 e. The Balaban J connectivity index is 2.50. The first-order chi connectivity index (χ1) is 3.93. The Labute approximate surface area is 46.9 Å². The van der Waals surface area contributed by atoms with Gasteiger partial charge in [0, 0.05) is 19.1 Å². The number of nitrogens with zero attached hydrogens (tertiary/aromatic N) is 1. The third kappa shape index (κ3) is 1.07. The fourth-order valence-corrected chi connectivity index (χ4v) is 0.481.